The number of hydrogen-bond donors (Lipinski definition) is 0. The van der Waals surface area contributed by atoms with E-state index in [0.29, 0.717) is 12.5 Å². The molecule has 0 saturated carbocycles. The van der Waals surface area contributed by atoms with E-state index in [0.717, 1.165) is 5.75 Å². The number of hydrogen-bond acceptors (Lipinski definition) is 3. The molecule has 0 aromatic carbocycles. The summed E-state index contributed by atoms with van der Waals surface area (Å²) in [5.74, 6) is 1.37. The first-order valence-electron chi connectivity index (χ1n) is 3.23. The highest BCUT2D eigenvalue weighted by atomic mass is 32.1. The lowest BCUT2D eigenvalue weighted by molar-refractivity contribution is -0.220. The monoisotopic (exact) mass is 156 g/mol. The summed E-state index contributed by atoms with van der Waals surface area (Å²) in [6, 6.07) is 0. The van der Waals surface area contributed by atoms with Crippen LogP contribution in [0.5, 0.6) is 5.75 Å². The van der Waals surface area contributed by atoms with Gasteiger partial charge < -0.3 is 4.89 Å². The standard InChI is InChI=1S/C7H8O2S/c1-5-2-8-9-7-4-10-3-6(5)7/h3-5H,2H2,1H3. The van der Waals surface area contributed by atoms with Crippen LogP contribution in [0, 0.1) is 0 Å². The molecular weight excluding hydrogens is 148 g/mol. The molecule has 1 aliphatic heterocycles. The van der Waals surface area contributed by atoms with Gasteiger partial charge in [-0.3, -0.25) is 0 Å². The van der Waals surface area contributed by atoms with E-state index in [1.165, 1.54) is 5.56 Å². The molecule has 0 bridgehead atoms. The number of fused-ring (bicyclic) bond motifs is 1. The van der Waals surface area contributed by atoms with Gasteiger partial charge in [0, 0.05) is 16.9 Å². The molecule has 0 spiro atoms. The van der Waals surface area contributed by atoms with Crippen molar-refractivity contribution in [2.24, 2.45) is 0 Å². The van der Waals surface area contributed by atoms with Crippen molar-refractivity contribution < 1.29 is 9.78 Å². The average Bonchev–Trinajstić information content (AvgIpc) is 2.36. The summed E-state index contributed by atoms with van der Waals surface area (Å²) in [4.78, 5) is 9.82. The third-order valence-electron chi connectivity index (χ3n) is 1.65. The van der Waals surface area contributed by atoms with Gasteiger partial charge in [0.1, 0.15) is 6.61 Å². The molecule has 0 fully saturated rings. The van der Waals surface area contributed by atoms with Crippen LogP contribution in [0.3, 0.4) is 0 Å². The highest BCUT2D eigenvalue weighted by Crippen LogP contribution is 2.33. The van der Waals surface area contributed by atoms with Crippen molar-refractivity contribution >= 4 is 11.3 Å². The van der Waals surface area contributed by atoms with Gasteiger partial charge in [-0.05, 0) is 5.38 Å². The summed E-state index contributed by atoms with van der Waals surface area (Å²) < 4.78 is 0. The maximum absolute atomic E-state index is 4.94. The maximum atomic E-state index is 4.94. The molecule has 2 rings (SSSR count). The van der Waals surface area contributed by atoms with E-state index in [-0.39, 0.29) is 0 Å². The quantitative estimate of drug-likeness (QED) is 0.536. The molecule has 0 aliphatic carbocycles. The molecule has 1 atom stereocenters. The second-order valence-corrected chi connectivity index (χ2v) is 3.20. The third kappa shape index (κ3) is 0.822. The minimum atomic E-state index is 0.481. The van der Waals surface area contributed by atoms with Crippen molar-refractivity contribution in [2.75, 3.05) is 6.61 Å². The lowest BCUT2D eigenvalue weighted by atomic mass is 10.1. The minimum absolute atomic E-state index is 0.481. The number of rotatable bonds is 0. The van der Waals surface area contributed by atoms with Gasteiger partial charge in [-0.1, -0.05) is 6.92 Å². The van der Waals surface area contributed by atoms with Gasteiger partial charge in [0.15, 0.2) is 5.75 Å². The summed E-state index contributed by atoms with van der Waals surface area (Å²) >= 11 is 1.65. The highest BCUT2D eigenvalue weighted by Gasteiger charge is 2.19. The first-order valence-corrected chi connectivity index (χ1v) is 4.18. The molecule has 0 N–H and O–H groups in total. The van der Waals surface area contributed by atoms with Crippen LogP contribution < -0.4 is 4.89 Å². The van der Waals surface area contributed by atoms with E-state index in [1.54, 1.807) is 11.3 Å². The van der Waals surface area contributed by atoms with E-state index in [9.17, 15) is 0 Å². The Hall–Kier alpha value is -0.540. The van der Waals surface area contributed by atoms with Gasteiger partial charge in [0.2, 0.25) is 0 Å². The van der Waals surface area contributed by atoms with Crippen molar-refractivity contribution in [1.82, 2.24) is 0 Å². The molecule has 3 heteroatoms. The molecule has 1 aromatic heterocycles. The Morgan fingerprint density at radius 1 is 1.60 bits per heavy atom. The van der Waals surface area contributed by atoms with E-state index in [4.69, 9.17) is 9.78 Å². The Morgan fingerprint density at radius 2 is 2.50 bits per heavy atom. The molecule has 2 heterocycles. The van der Waals surface area contributed by atoms with Crippen LogP contribution in [0.1, 0.15) is 18.4 Å². The van der Waals surface area contributed by atoms with Crippen molar-refractivity contribution in [3.8, 4) is 5.75 Å². The molecule has 10 heavy (non-hydrogen) atoms. The molecule has 2 nitrogen and oxygen atoms in total. The van der Waals surface area contributed by atoms with Crippen molar-refractivity contribution in [3.05, 3.63) is 16.3 Å². The van der Waals surface area contributed by atoms with Gasteiger partial charge in [-0.25, -0.2) is 0 Å². The molecule has 0 amide bonds. The summed E-state index contributed by atoms with van der Waals surface area (Å²) in [5, 5.41) is 4.08. The molecule has 1 aliphatic rings. The molecule has 1 aromatic rings. The van der Waals surface area contributed by atoms with Crippen molar-refractivity contribution in [2.45, 2.75) is 12.8 Å². The van der Waals surface area contributed by atoms with Crippen molar-refractivity contribution in [1.29, 1.82) is 0 Å². The maximum Gasteiger partial charge on any atom is 0.179 e. The van der Waals surface area contributed by atoms with E-state index in [2.05, 4.69) is 12.3 Å². The minimum Gasteiger partial charge on any atom is -0.336 e. The second-order valence-electron chi connectivity index (χ2n) is 2.46. The van der Waals surface area contributed by atoms with Crippen LogP contribution in [-0.4, -0.2) is 6.61 Å². The highest BCUT2D eigenvalue weighted by molar-refractivity contribution is 7.08. The largest absolute Gasteiger partial charge is 0.336 e. The Morgan fingerprint density at radius 3 is 3.30 bits per heavy atom. The van der Waals surface area contributed by atoms with Gasteiger partial charge in [-0.15, -0.1) is 11.3 Å². The lowest BCUT2D eigenvalue weighted by Crippen LogP contribution is -2.13. The Balaban J connectivity index is 2.41. The van der Waals surface area contributed by atoms with E-state index < -0.39 is 0 Å². The van der Waals surface area contributed by atoms with Crippen LogP contribution in [0.2, 0.25) is 0 Å². The molecular formula is C7H8O2S. The van der Waals surface area contributed by atoms with Crippen LogP contribution in [-0.2, 0) is 4.89 Å². The predicted molar refractivity (Wildman–Crippen MR) is 39.3 cm³/mol. The summed E-state index contributed by atoms with van der Waals surface area (Å²) in [7, 11) is 0. The first kappa shape index (κ1) is 6.19. The zero-order valence-corrected chi connectivity index (χ0v) is 6.48. The molecule has 54 valence electrons. The summed E-state index contributed by atoms with van der Waals surface area (Å²) in [5.41, 5.74) is 1.27. The molecule has 0 saturated heterocycles. The fraction of sp³-hybridized carbons (Fsp3) is 0.429. The van der Waals surface area contributed by atoms with Crippen LogP contribution in [0.25, 0.3) is 0 Å². The lowest BCUT2D eigenvalue weighted by Gasteiger charge is -2.17. The van der Waals surface area contributed by atoms with Crippen LogP contribution >= 0.6 is 11.3 Å². The van der Waals surface area contributed by atoms with Gasteiger partial charge >= 0.3 is 0 Å². The van der Waals surface area contributed by atoms with Gasteiger partial charge in [-0.2, -0.15) is 4.89 Å². The fourth-order valence-electron chi connectivity index (χ4n) is 1.01. The Labute approximate surface area is 63.3 Å². The second kappa shape index (κ2) is 2.25. The third-order valence-corrected chi connectivity index (χ3v) is 2.39. The first-order chi connectivity index (χ1) is 4.88. The fourth-order valence-corrected chi connectivity index (χ4v) is 1.87. The molecule has 1 unspecified atom stereocenters. The zero-order valence-electron chi connectivity index (χ0n) is 5.66. The Kier molecular flexibility index (Phi) is 1.39. The summed E-state index contributed by atoms with van der Waals surface area (Å²) in [6.07, 6.45) is 0. The molecule has 0 radical (unpaired) electrons. The average molecular weight is 156 g/mol. The van der Waals surface area contributed by atoms with Gasteiger partial charge in [0.25, 0.3) is 0 Å². The van der Waals surface area contributed by atoms with Crippen LogP contribution in [0.4, 0.5) is 0 Å². The predicted octanol–water partition coefficient (Wildman–Crippen LogP) is 2.18. The normalized spacial score (nSPS) is 23.5. The van der Waals surface area contributed by atoms with Crippen molar-refractivity contribution in [3.63, 3.8) is 0 Å². The SMILES string of the molecule is CC1COOc2cscc21. The zero-order chi connectivity index (χ0) is 6.97. The summed E-state index contributed by atoms with van der Waals surface area (Å²) in [6.45, 7) is 2.80. The number of thiophene rings is 1. The van der Waals surface area contributed by atoms with E-state index in [1.807, 2.05) is 5.38 Å². The smallest absolute Gasteiger partial charge is 0.179 e. The van der Waals surface area contributed by atoms with Gasteiger partial charge in [0.05, 0.1) is 0 Å². The Bertz CT molecular complexity index is 231. The van der Waals surface area contributed by atoms with E-state index >= 15 is 0 Å². The topological polar surface area (TPSA) is 18.5 Å². The van der Waals surface area contributed by atoms with Crippen LogP contribution in [0.15, 0.2) is 10.8 Å².